The van der Waals surface area contributed by atoms with Gasteiger partial charge in [0.1, 0.15) is 0 Å². The number of carbonyl (C=O) groups excluding carboxylic acids is 2. The zero-order valence-corrected chi connectivity index (χ0v) is 12.9. The minimum atomic E-state index is -0.237. The van der Waals surface area contributed by atoms with Crippen LogP contribution in [0.25, 0.3) is 0 Å². The maximum Gasteiger partial charge on any atom is 0.222 e. The number of rotatable bonds is 7. The van der Waals surface area contributed by atoms with Gasteiger partial charge in [0.15, 0.2) is 0 Å². The monoisotopic (exact) mass is 304 g/mol. The second-order valence-electron chi connectivity index (χ2n) is 5.98. The number of hydrogen-bond donors (Lipinski definition) is 3. The molecule has 1 aliphatic rings. The van der Waals surface area contributed by atoms with Crippen molar-refractivity contribution in [2.24, 2.45) is 5.92 Å². The molecule has 0 radical (unpaired) electrons. The lowest BCUT2D eigenvalue weighted by atomic mass is 9.75. The molecule has 5 nitrogen and oxygen atoms in total. The Bertz CT molecular complexity index is 498. The van der Waals surface area contributed by atoms with Crippen molar-refractivity contribution in [2.45, 2.75) is 44.8 Å². The molecule has 3 N–H and O–H groups in total. The molecule has 1 saturated carbocycles. The van der Waals surface area contributed by atoms with Gasteiger partial charge in [-0.2, -0.15) is 0 Å². The smallest absolute Gasteiger partial charge is 0.222 e. The van der Waals surface area contributed by atoms with Crippen LogP contribution in [0.1, 0.15) is 31.7 Å². The molecular formula is C17H24N2O3. The first kappa shape index (κ1) is 16.5. The van der Waals surface area contributed by atoms with Gasteiger partial charge in [0.05, 0.1) is 6.10 Å². The van der Waals surface area contributed by atoms with Crippen LogP contribution in [0.3, 0.4) is 0 Å². The highest BCUT2D eigenvalue weighted by atomic mass is 16.3. The van der Waals surface area contributed by atoms with Gasteiger partial charge in [-0.05, 0) is 30.7 Å². The normalized spacial score (nSPS) is 21.5. The molecule has 1 aliphatic carbocycles. The first-order chi connectivity index (χ1) is 10.5. The molecule has 1 fully saturated rings. The van der Waals surface area contributed by atoms with Crippen molar-refractivity contribution in [1.82, 2.24) is 10.6 Å². The van der Waals surface area contributed by atoms with E-state index in [2.05, 4.69) is 10.6 Å². The SMILES string of the molecule is CC(=O)NCCC(=O)N[C@H](Cc1ccccc1)C1CC(O)C1. The van der Waals surface area contributed by atoms with Crippen molar-refractivity contribution < 1.29 is 14.7 Å². The average Bonchev–Trinajstić information content (AvgIpc) is 2.44. The number of carbonyl (C=O) groups is 2. The Morgan fingerprint density at radius 3 is 2.55 bits per heavy atom. The zero-order valence-electron chi connectivity index (χ0n) is 12.9. The molecule has 0 heterocycles. The molecule has 0 bridgehead atoms. The predicted octanol–water partition coefficient (Wildman–Crippen LogP) is 1.01. The van der Waals surface area contributed by atoms with Crippen molar-refractivity contribution in [3.63, 3.8) is 0 Å². The van der Waals surface area contributed by atoms with Gasteiger partial charge in [-0.25, -0.2) is 0 Å². The van der Waals surface area contributed by atoms with E-state index in [1.54, 1.807) is 0 Å². The molecule has 22 heavy (non-hydrogen) atoms. The topological polar surface area (TPSA) is 78.4 Å². The van der Waals surface area contributed by atoms with Gasteiger partial charge < -0.3 is 15.7 Å². The van der Waals surface area contributed by atoms with Gasteiger partial charge in [-0.1, -0.05) is 30.3 Å². The molecule has 1 aromatic rings. The van der Waals surface area contributed by atoms with Crippen molar-refractivity contribution in [2.75, 3.05) is 6.54 Å². The van der Waals surface area contributed by atoms with Crippen LogP contribution in [0.5, 0.6) is 0 Å². The van der Waals surface area contributed by atoms with E-state index in [9.17, 15) is 14.7 Å². The number of hydrogen-bond acceptors (Lipinski definition) is 3. The molecule has 2 amide bonds. The van der Waals surface area contributed by atoms with Crippen LogP contribution < -0.4 is 10.6 Å². The molecule has 0 aliphatic heterocycles. The van der Waals surface area contributed by atoms with Gasteiger partial charge in [-0.15, -0.1) is 0 Å². The lowest BCUT2D eigenvalue weighted by Crippen LogP contribution is -2.48. The molecule has 2 rings (SSSR count). The summed E-state index contributed by atoms with van der Waals surface area (Å²) in [5, 5.41) is 15.2. The molecule has 0 aromatic heterocycles. The summed E-state index contributed by atoms with van der Waals surface area (Å²) in [6.45, 7) is 1.79. The van der Waals surface area contributed by atoms with E-state index in [4.69, 9.17) is 0 Å². The Morgan fingerprint density at radius 2 is 1.95 bits per heavy atom. The van der Waals surface area contributed by atoms with Gasteiger partial charge in [0.2, 0.25) is 11.8 Å². The van der Waals surface area contributed by atoms with Crippen LogP contribution >= 0.6 is 0 Å². The summed E-state index contributed by atoms with van der Waals surface area (Å²) in [6.07, 6.45) is 2.29. The van der Waals surface area contributed by atoms with Crippen molar-refractivity contribution in [3.8, 4) is 0 Å². The highest BCUT2D eigenvalue weighted by Crippen LogP contribution is 2.31. The van der Waals surface area contributed by atoms with Crippen LogP contribution in [0, 0.1) is 5.92 Å². The maximum absolute atomic E-state index is 12.0. The van der Waals surface area contributed by atoms with Crippen molar-refractivity contribution in [3.05, 3.63) is 35.9 Å². The number of nitrogens with one attached hydrogen (secondary N) is 2. The molecule has 1 aromatic carbocycles. The number of benzene rings is 1. The standard InChI is InChI=1S/C17H24N2O3/c1-12(20)18-8-7-17(22)19-16(14-10-15(21)11-14)9-13-5-3-2-4-6-13/h2-6,14-16,21H,7-11H2,1H3,(H,18,20)(H,19,22)/t14?,15?,16-/m1/s1. The maximum atomic E-state index is 12.0. The van der Waals surface area contributed by atoms with Crippen LogP contribution in [0.15, 0.2) is 30.3 Å². The third kappa shape index (κ3) is 5.15. The van der Waals surface area contributed by atoms with E-state index in [0.717, 1.165) is 19.3 Å². The second-order valence-corrected chi connectivity index (χ2v) is 5.98. The summed E-state index contributed by atoms with van der Waals surface area (Å²) in [7, 11) is 0. The second kappa shape index (κ2) is 7.94. The van der Waals surface area contributed by atoms with Crippen LogP contribution in [0.4, 0.5) is 0 Å². The van der Waals surface area contributed by atoms with E-state index in [1.807, 2.05) is 30.3 Å². The lowest BCUT2D eigenvalue weighted by molar-refractivity contribution is -0.123. The van der Waals surface area contributed by atoms with E-state index in [0.29, 0.717) is 12.5 Å². The van der Waals surface area contributed by atoms with Crippen LogP contribution in [-0.4, -0.2) is 35.6 Å². The fourth-order valence-electron chi connectivity index (χ4n) is 2.79. The Hall–Kier alpha value is -1.88. The van der Waals surface area contributed by atoms with Gasteiger partial charge >= 0.3 is 0 Å². The predicted molar refractivity (Wildman–Crippen MR) is 84.1 cm³/mol. The van der Waals surface area contributed by atoms with Gasteiger partial charge in [0.25, 0.3) is 0 Å². The van der Waals surface area contributed by atoms with E-state index >= 15 is 0 Å². The largest absolute Gasteiger partial charge is 0.393 e. The Labute approximate surface area is 131 Å². The van der Waals surface area contributed by atoms with E-state index < -0.39 is 0 Å². The molecular weight excluding hydrogens is 280 g/mol. The minimum Gasteiger partial charge on any atom is -0.393 e. The number of amides is 2. The summed E-state index contributed by atoms with van der Waals surface area (Å²) < 4.78 is 0. The summed E-state index contributed by atoms with van der Waals surface area (Å²) in [4.78, 5) is 22.8. The molecule has 5 heteroatoms. The average molecular weight is 304 g/mol. The molecule has 0 unspecified atom stereocenters. The molecule has 0 spiro atoms. The fourth-order valence-corrected chi connectivity index (χ4v) is 2.79. The molecule has 1 atom stereocenters. The highest BCUT2D eigenvalue weighted by Gasteiger charge is 2.34. The summed E-state index contributed by atoms with van der Waals surface area (Å²) in [6, 6.07) is 10.1. The summed E-state index contributed by atoms with van der Waals surface area (Å²) >= 11 is 0. The fraction of sp³-hybridized carbons (Fsp3) is 0.529. The lowest BCUT2D eigenvalue weighted by Gasteiger charge is -2.38. The van der Waals surface area contributed by atoms with Crippen molar-refractivity contribution in [1.29, 1.82) is 0 Å². The minimum absolute atomic E-state index is 0.0376. The number of aliphatic hydroxyl groups excluding tert-OH is 1. The first-order valence-corrected chi connectivity index (χ1v) is 7.80. The quantitative estimate of drug-likeness (QED) is 0.703. The Balaban J connectivity index is 1.87. The molecule has 120 valence electrons. The van der Waals surface area contributed by atoms with Crippen LogP contribution in [-0.2, 0) is 16.0 Å². The van der Waals surface area contributed by atoms with Gasteiger partial charge in [0, 0.05) is 25.9 Å². The van der Waals surface area contributed by atoms with E-state index in [1.165, 1.54) is 12.5 Å². The third-order valence-corrected chi connectivity index (χ3v) is 4.09. The Morgan fingerprint density at radius 1 is 1.27 bits per heavy atom. The van der Waals surface area contributed by atoms with Crippen LogP contribution in [0.2, 0.25) is 0 Å². The summed E-state index contributed by atoms with van der Waals surface area (Å²) in [5.41, 5.74) is 1.18. The van der Waals surface area contributed by atoms with Crippen molar-refractivity contribution >= 4 is 11.8 Å². The van der Waals surface area contributed by atoms with Gasteiger partial charge in [-0.3, -0.25) is 9.59 Å². The summed E-state index contributed by atoms with van der Waals surface area (Å²) in [5.74, 6) is 0.131. The highest BCUT2D eigenvalue weighted by molar-refractivity contribution is 5.78. The zero-order chi connectivity index (χ0) is 15.9. The Kier molecular flexibility index (Phi) is 5.95. The van der Waals surface area contributed by atoms with E-state index in [-0.39, 0.29) is 30.4 Å². The first-order valence-electron chi connectivity index (χ1n) is 7.80. The number of aliphatic hydroxyl groups is 1. The third-order valence-electron chi connectivity index (χ3n) is 4.09. The molecule has 0 saturated heterocycles.